The maximum Gasteiger partial charge on any atom is 0.234 e. The highest BCUT2D eigenvalue weighted by atomic mass is 15.3. The van der Waals surface area contributed by atoms with Crippen LogP contribution in [0, 0.1) is 6.92 Å². The number of hydrogen-bond acceptors (Lipinski definition) is 8. The van der Waals surface area contributed by atoms with E-state index in [1.165, 1.54) is 19.2 Å². The molecule has 1 aliphatic rings. The van der Waals surface area contributed by atoms with Crippen LogP contribution in [0.5, 0.6) is 0 Å². The minimum absolute atomic E-state index is 0.463. The number of nitrogens with zero attached hydrogens (tertiary/aromatic N) is 7. The van der Waals surface area contributed by atoms with Gasteiger partial charge in [-0.15, -0.1) is 0 Å². The smallest absolute Gasteiger partial charge is 0.234 e. The van der Waals surface area contributed by atoms with Crippen LogP contribution in [-0.4, -0.2) is 52.1 Å². The zero-order chi connectivity index (χ0) is 15.5. The largest absolute Gasteiger partial charge is 0.362 e. The molecule has 0 unspecified atom stereocenters. The van der Waals surface area contributed by atoms with Crippen molar-refractivity contribution >= 4 is 23.7 Å². The minimum Gasteiger partial charge on any atom is -0.362 e. The average molecular weight is 300 g/mol. The molecule has 116 valence electrons. The fourth-order valence-corrected chi connectivity index (χ4v) is 2.46. The van der Waals surface area contributed by atoms with Gasteiger partial charge in [0.25, 0.3) is 0 Å². The van der Waals surface area contributed by atoms with E-state index in [0.29, 0.717) is 17.8 Å². The maximum atomic E-state index is 4.48. The summed E-state index contributed by atoms with van der Waals surface area (Å²) in [7, 11) is 3.90. The van der Waals surface area contributed by atoms with Crippen molar-refractivity contribution in [3.63, 3.8) is 0 Å². The van der Waals surface area contributed by atoms with Crippen LogP contribution in [0.3, 0.4) is 0 Å². The lowest BCUT2D eigenvalue weighted by molar-refractivity contribution is 0.880. The summed E-state index contributed by atoms with van der Waals surface area (Å²) in [5, 5.41) is 3.05. The number of rotatable bonds is 4. The van der Waals surface area contributed by atoms with Crippen LogP contribution in [0.15, 0.2) is 12.5 Å². The van der Waals surface area contributed by atoms with Crippen molar-refractivity contribution in [2.45, 2.75) is 19.8 Å². The minimum atomic E-state index is 0.463. The van der Waals surface area contributed by atoms with Crippen molar-refractivity contribution in [2.75, 3.05) is 42.3 Å². The van der Waals surface area contributed by atoms with Crippen LogP contribution in [-0.2, 0) is 0 Å². The topological polar surface area (TPSA) is 83.0 Å². The van der Waals surface area contributed by atoms with Crippen LogP contribution in [0.4, 0.5) is 23.7 Å². The predicted molar refractivity (Wildman–Crippen MR) is 85.7 cm³/mol. The molecule has 0 atom stereocenters. The van der Waals surface area contributed by atoms with Gasteiger partial charge in [0, 0.05) is 38.9 Å². The number of nitrogens with one attached hydrogen (secondary N) is 1. The molecule has 2 aromatic rings. The molecule has 0 radical (unpaired) electrons. The third-order valence-electron chi connectivity index (χ3n) is 3.54. The Morgan fingerprint density at radius 1 is 1.05 bits per heavy atom. The van der Waals surface area contributed by atoms with Crippen LogP contribution in [0.25, 0.3) is 0 Å². The first-order valence-electron chi connectivity index (χ1n) is 7.35. The lowest BCUT2D eigenvalue weighted by Crippen LogP contribution is -2.21. The molecule has 1 N–H and O–H groups in total. The zero-order valence-electron chi connectivity index (χ0n) is 13.1. The van der Waals surface area contributed by atoms with E-state index in [9.17, 15) is 0 Å². The Bertz CT molecular complexity index is 651. The van der Waals surface area contributed by atoms with E-state index in [-0.39, 0.29) is 0 Å². The lowest BCUT2D eigenvalue weighted by atomic mass is 10.3. The molecule has 0 bridgehead atoms. The van der Waals surface area contributed by atoms with Gasteiger partial charge in [0.15, 0.2) is 0 Å². The van der Waals surface area contributed by atoms with E-state index in [1.807, 2.05) is 25.9 Å². The van der Waals surface area contributed by atoms with Gasteiger partial charge in [-0.2, -0.15) is 9.97 Å². The molecule has 22 heavy (non-hydrogen) atoms. The summed E-state index contributed by atoms with van der Waals surface area (Å²) in [5.74, 6) is 2.51. The van der Waals surface area contributed by atoms with E-state index in [2.05, 4.69) is 35.1 Å². The molecular formula is C14H20N8. The van der Waals surface area contributed by atoms with Gasteiger partial charge >= 0.3 is 0 Å². The summed E-state index contributed by atoms with van der Waals surface area (Å²) in [6, 6.07) is 0. The van der Waals surface area contributed by atoms with E-state index >= 15 is 0 Å². The fraction of sp³-hybridized carbons (Fsp3) is 0.500. The van der Waals surface area contributed by atoms with Gasteiger partial charge in [0.05, 0.1) is 0 Å². The average Bonchev–Trinajstić information content (AvgIpc) is 3.03. The normalized spacial score (nSPS) is 14.2. The van der Waals surface area contributed by atoms with Crippen molar-refractivity contribution in [3.05, 3.63) is 18.1 Å². The van der Waals surface area contributed by atoms with Gasteiger partial charge in [-0.3, -0.25) is 5.32 Å². The highest BCUT2D eigenvalue weighted by Gasteiger charge is 2.16. The molecule has 0 saturated carbocycles. The van der Waals surface area contributed by atoms with Crippen LogP contribution in [0.2, 0.25) is 0 Å². The summed E-state index contributed by atoms with van der Waals surface area (Å²) in [6.45, 7) is 3.97. The van der Waals surface area contributed by atoms with Gasteiger partial charge in [0.2, 0.25) is 17.8 Å². The first-order valence-corrected chi connectivity index (χ1v) is 7.35. The quantitative estimate of drug-likeness (QED) is 0.906. The van der Waals surface area contributed by atoms with Gasteiger partial charge in [-0.1, -0.05) is 0 Å². The van der Waals surface area contributed by atoms with E-state index in [1.54, 1.807) is 6.20 Å². The van der Waals surface area contributed by atoms with E-state index in [0.717, 1.165) is 24.5 Å². The summed E-state index contributed by atoms with van der Waals surface area (Å²) in [5.41, 5.74) is 1.02. The van der Waals surface area contributed by atoms with Gasteiger partial charge < -0.3 is 9.80 Å². The molecule has 8 nitrogen and oxygen atoms in total. The fourth-order valence-electron chi connectivity index (χ4n) is 2.46. The van der Waals surface area contributed by atoms with E-state index < -0.39 is 0 Å². The first-order chi connectivity index (χ1) is 10.6. The number of aromatic nitrogens is 5. The van der Waals surface area contributed by atoms with Crippen molar-refractivity contribution in [1.82, 2.24) is 24.9 Å². The van der Waals surface area contributed by atoms with Gasteiger partial charge in [0.1, 0.15) is 12.1 Å². The Hall–Kier alpha value is -2.51. The van der Waals surface area contributed by atoms with Crippen molar-refractivity contribution in [1.29, 1.82) is 0 Å². The highest BCUT2D eigenvalue weighted by Crippen LogP contribution is 2.19. The van der Waals surface area contributed by atoms with Crippen molar-refractivity contribution < 1.29 is 0 Å². The molecule has 1 fully saturated rings. The summed E-state index contributed by atoms with van der Waals surface area (Å²) in [4.78, 5) is 25.7. The van der Waals surface area contributed by atoms with Crippen LogP contribution >= 0.6 is 0 Å². The molecule has 8 heteroatoms. The second kappa shape index (κ2) is 6.08. The Kier molecular flexibility index (Phi) is 3.99. The molecule has 0 spiro atoms. The Morgan fingerprint density at radius 3 is 2.50 bits per heavy atom. The number of aryl methyl sites for hydroxylation is 1. The molecule has 3 heterocycles. The Balaban J connectivity index is 1.81. The molecule has 2 aromatic heterocycles. The van der Waals surface area contributed by atoms with Crippen LogP contribution < -0.4 is 15.1 Å². The molecule has 0 amide bonds. The van der Waals surface area contributed by atoms with Gasteiger partial charge in [-0.05, 0) is 19.8 Å². The highest BCUT2D eigenvalue weighted by molar-refractivity contribution is 5.52. The molecule has 3 rings (SSSR count). The maximum absolute atomic E-state index is 4.48. The molecule has 1 saturated heterocycles. The number of anilines is 4. The SMILES string of the molecule is Cc1cnc(Nc2ncnc(N3CCCC3)n2)nc1N(C)C. The standard InChI is InChI=1S/C14H20N8/c1-10-8-15-12(18-11(10)21(2)3)19-13-16-9-17-14(20-13)22-6-4-5-7-22/h8-9H,4-7H2,1-3H3,(H,15,16,17,18,19,20). The predicted octanol–water partition coefficient (Wildman–Crippen LogP) is 1.38. The second-order valence-electron chi connectivity index (χ2n) is 5.52. The number of hydrogen-bond donors (Lipinski definition) is 1. The zero-order valence-corrected chi connectivity index (χ0v) is 13.1. The summed E-state index contributed by atoms with van der Waals surface area (Å²) < 4.78 is 0. The third-order valence-corrected chi connectivity index (χ3v) is 3.54. The molecule has 0 aliphatic carbocycles. The summed E-state index contributed by atoms with van der Waals surface area (Å²) in [6.07, 6.45) is 5.67. The molecule has 0 aromatic carbocycles. The van der Waals surface area contributed by atoms with E-state index in [4.69, 9.17) is 0 Å². The Morgan fingerprint density at radius 2 is 1.77 bits per heavy atom. The second-order valence-corrected chi connectivity index (χ2v) is 5.52. The third kappa shape index (κ3) is 3.05. The van der Waals surface area contributed by atoms with Crippen molar-refractivity contribution in [2.24, 2.45) is 0 Å². The van der Waals surface area contributed by atoms with Gasteiger partial charge in [-0.25, -0.2) is 15.0 Å². The Labute approximate surface area is 129 Å². The van der Waals surface area contributed by atoms with Crippen LogP contribution in [0.1, 0.15) is 18.4 Å². The molecule has 1 aliphatic heterocycles. The summed E-state index contributed by atoms with van der Waals surface area (Å²) >= 11 is 0. The molecular weight excluding hydrogens is 280 g/mol. The lowest BCUT2D eigenvalue weighted by Gasteiger charge is -2.16. The monoisotopic (exact) mass is 300 g/mol. The first kappa shape index (κ1) is 14.4. The van der Waals surface area contributed by atoms with Crippen molar-refractivity contribution in [3.8, 4) is 0 Å².